The van der Waals surface area contributed by atoms with E-state index in [1.54, 1.807) is 6.08 Å². The van der Waals surface area contributed by atoms with Crippen molar-refractivity contribution in [3.8, 4) is 0 Å². The second kappa shape index (κ2) is 5.31. The first-order valence-corrected chi connectivity index (χ1v) is 2.76. The molecule has 1 N–H and O–H groups in total. The van der Waals surface area contributed by atoms with E-state index < -0.39 is 12.6 Å². The molecule has 0 aromatic heterocycles. The number of rotatable bonds is 3. The maximum absolute atomic E-state index is 10.2. The minimum atomic E-state index is -0.625. The van der Waals surface area contributed by atoms with Gasteiger partial charge in [0.05, 0.1) is 6.26 Å². The highest BCUT2D eigenvalue weighted by molar-refractivity contribution is 5.70. The summed E-state index contributed by atoms with van der Waals surface area (Å²) < 4.78 is 4.36. The molecule has 0 rings (SSSR count). The van der Waals surface area contributed by atoms with Crippen LogP contribution in [0.4, 0.5) is 0 Å². The average molecular weight is 130 g/mol. The van der Waals surface area contributed by atoms with Crippen LogP contribution in [0.2, 0.25) is 0 Å². The van der Waals surface area contributed by atoms with Gasteiger partial charge in [-0.3, -0.25) is 0 Å². The molecule has 0 atom stereocenters. The number of esters is 1. The summed E-state index contributed by atoms with van der Waals surface area (Å²) in [5.74, 6) is -0.625. The van der Waals surface area contributed by atoms with E-state index in [0.717, 1.165) is 6.42 Å². The summed E-state index contributed by atoms with van der Waals surface area (Å²) in [4.78, 5) is 10.2. The quantitative estimate of drug-likeness (QED) is 0.445. The summed E-state index contributed by atoms with van der Waals surface area (Å²) >= 11 is 0. The van der Waals surface area contributed by atoms with E-state index in [0.29, 0.717) is 0 Å². The van der Waals surface area contributed by atoms with E-state index in [2.05, 4.69) is 4.74 Å². The van der Waals surface area contributed by atoms with Crippen LogP contribution in [-0.2, 0) is 9.53 Å². The molecule has 0 radical (unpaired) electrons. The molecular weight excluding hydrogens is 120 g/mol. The average Bonchev–Trinajstić information content (AvgIpc) is 1.89. The normalized spacial score (nSPS) is 10.0. The summed E-state index contributed by atoms with van der Waals surface area (Å²) in [6.45, 7) is 1.36. The van der Waals surface area contributed by atoms with Crippen LogP contribution in [-0.4, -0.2) is 17.7 Å². The molecule has 0 saturated carbocycles. The molecule has 3 heteroatoms. The third-order valence-corrected chi connectivity index (χ3v) is 0.661. The van der Waals surface area contributed by atoms with E-state index in [4.69, 9.17) is 5.11 Å². The number of ether oxygens (including phenoxy) is 1. The molecule has 52 valence electrons. The lowest BCUT2D eigenvalue weighted by molar-refractivity contribution is -0.141. The predicted octanol–water partition coefficient (Wildman–Crippen LogP) is 0.446. The first kappa shape index (κ1) is 8.17. The number of carbonyl (C=O) groups excluding carboxylic acids is 1. The zero-order valence-electron chi connectivity index (χ0n) is 5.33. The van der Waals surface area contributed by atoms with Gasteiger partial charge in [0, 0.05) is 0 Å². The summed E-state index contributed by atoms with van der Waals surface area (Å²) in [5.41, 5.74) is 0. The van der Waals surface area contributed by atoms with Crippen LogP contribution >= 0.6 is 0 Å². The minimum Gasteiger partial charge on any atom is -0.433 e. The maximum Gasteiger partial charge on any atom is 0.336 e. The summed E-state index contributed by atoms with van der Waals surface area (Å²) in [5, 5.41) is 8.13. The van der Waals surface area contributed by atoms with Gasteiger partial charge in [-0.25, -0.2) is 4.79 Å². The van der Waals surface area contributed by atoms with E-state index in [-0.39, 0.29) is 0 Å². The van der Waals surface area contributed by atoms with Gasteiger partial charge in [-0.2, -0.15) is 0 Å². The van der Waals surface area contributed by atoms with Gasteiger partial charge in [0.25, 0.3) is 0 Å². The second-order valence-electron chi connectivity index (χ2n) is 1.43. The Hall–Kier alpha value is -0.830. The highest BCUT2D eigenvalue weighted by atomic mass is 16.5. The largest absolute Gasteiger partial charge is 0.433 e. The number of aliphatic hydroxyl groups is 1. The Morgan fingerprint density at radius 1 is 1.78 bits per heavy atom. The van der Waals surface area contributed by atoms with Crippen molar-refractivity contribution >= 4 is 5.97 Å². The third-order valence-electron chi connectivity index (χ3n) is 0.661. The second-order valence-corrected chi connectivity index (χ2v) is 1.43. The van der Waals surface area contributed by atoms with Crippen molar-refractivity contribution in [1.29, 1.82) is 0 Å². The zero-order chi connectivity index (χ0) is 7.11. The molecule has 0 aromatic carbocycles. The molecule has 0 bridgehead atoms. The van der Waals surface area contributed by atoms with Crippen LogP contribution < -0.4 is 0 Å². The van der Waals surface area contributed by atoms with Crippen molar-refractivity contribution in [2.75, 3.05) is 6.61 Å². The summed E-state index contributed by atoms with van der Waals surface area (Å²) in [6.07, 6.45) is 3.78. The lowest BCUT2D eigenvalue weighted by Gasteiger charge is -1.90. The predicted molar refractivity (Wildman–Crippen MR) is 32.6 cm³/mol. The Morgan fingerprint density at radius 2 is 2.44 bits per heavy atom. The molecule has 9 heavy (non-hydrogen) atoms. The molecule has 0 aliphatic carbocycles. The first-order chi connectivity index (χ1) is 4.31. The lowest BCUT2D eigenvalue weighted by Crippen LogP contribution is -2.03. The fourth-order valence-electron chi connectivity index (χ4n) is 0.257. The van der Waals surface area contributed by atoms with Crippen molar-refractivity contribution < 1.29 is 14.6 Å². The van der Waals surface area contributed by atoms with Gasteiger partial charge < -0.3 is 9.84 Å². The monoisotopic (exact) mass is 130 g/mol. The minimum absolute atomic E-state index is 0.561. The lowest BCUT2D eigenvalue weighted by atomic mass is 10.5. The van der Waals surface area contributed by atoms with Crippen LogP contribution in [0, 0.1) is 0 Å². The van der Waals surface area contributed by atoms with Gasteiger partial charge in [0.2, 0.25) is 0 Å². The van der Waals surface area contributed by atoms with Crippen LogP contribution in [0.15, 0.2) is 12.3 Å². The molecule has 0 amide bonds. The number of carbonyl (C=O) groups is 1. The Kier molecular flexibility index (Phi) is 4.82. The maximum atomic E-state index is 10.2. The van der Waals surface area contributed by atoms with Gasteiger partial charge >= 0.3 is 5.97 Å². The van der Waals surface area contributed by atoms with Crippen molar-refractivity contribution in [3.63, 3.8) is 0 Å². The van der Waals surface area contributed by atoms with Gasteiger partial charge in [-0.05, 0) is 12.5 Å². The van der Waals surface area contributed by atoms with Gasteiger partial charge in [0.1, 0.15) is 6.61 Å². The number of hydrogen-bond acceptors (Lipinski definition) is 3. The molecule has 0 aliphatic heterocycles. The van der Waals surface area contributed by atoms with Crippen molar-refractivity contribution in [2.24, 2.45) is 0 Å². The van der Waals surface area contributed by atoms with Crippen molar-refractivity contribution in [1.82, 2.24) is 0 Å². The van der Waals surface area contributed by atoms with Crippen LogP contribution in [0.1, 0.15) is 13.3 Å². The standard InChI is InChI=1S/C6H10O3/c1-2-3-4-9-6(8)5-7/h3-4,7H,2,5H2,1H3. The summed E-state index contributed by atoms with van der Waals surface area (Å²) in [7, 11) is 0. The molecule has 3 nitrogen and oxygen atoms in total. The van der Waals surface area contributed by atoms with E-state index in [1.165, 1.54) is 6.26 Å². The van der Waals surface area contributed by atoms with E-state index in [1.807, 2.05) is 6.92 Å². The smallest absolute Gasteiger partial charge is 0.336 e. The highest BCUT2D eigenvalue weighted by Crippen LogP contribution is 1.82. The van der Waals surface area contributed by atoms with Crippen LogP contribution in [0.25, 0.3) is 0 Å². The first-order valence-electron chi connectivity index (χ1n) is 2.76. The van der Waals surface area contributed by atoms with E-state index in [9.17, 15) is 4.79 Å². The molecule has 0 heterocycles. The van der Waals surface area contributed by atoms with Crippen molar-refractivity contribution in [3.05, 3.63) is 12.3 Å². The van der Waals surface area contributed by atoms with Crippen LogP contribution in [0.3, 0.4) is 0 Å². The van der Waals surface area contributed by atoms with Crippen molar-refractivity contribution in [2.45, 2.75) is 13.3 Å². The Balaban J connectivity index is 3.26. The van der Waals surface area contributed by atoms with Gasteiger partial charge in [0.15, 0.2) is 0 Å². The fraction of sp³-hybridized carbons (Fsp3) is 0.500. The topological polar surface area (TPSA) is 46.5 Å². The Labute approximate surface area is 53.9 Å². The molecule has 0 unspecified atom stereocenters. The van der Waals surface area contributed by atoms with Crippen LogP contribution in [0.5, 0.6) is 0 Å². The number of allylic oxidation sites excluding steroid dienone is 1. The zero-order valence-corrected chi connectivity index (χ0v) is 5.33. The number of hydrogen-bond donors (Lipinski definition) is 1. The molecule has 0 fully saturated rings. The fourth-order valence-corrected chi connectivity index (χ4v) is 0.257. The third kappa shape index (κ3) is 5.03. The molecule has 0 aromatic rings. The SMILES string of the molecule is CCC=COC(=O)CO. The highest BCUT2D eigenvalue weighted by Gasteiger charge is 1.92. The molecular formula is C6H10O3. The van der Waals surface area contributed by atoms with E-state index >= 15 is 0 Å². The molecule has 0 spiro atoms. The Bertz CT molecular complexity index is 107. The summed E-state index contributed by atoms with van der Waals surface area (Å²) in [6, 6.07) is 0. The van der Waals surface area contributed by atoms with Gasteiger partial charge in [-0.1, -0.05) is 6.92 Å². The Morgan fingerprint density at radius 3 is 2.89 bits per heavy atom. The molecule has 0 saturated heterocycles. The van der Waals surface area contributed by atoms with Gasteiger partial charge in [-0.15, -0.1) is 0 Å². The molecule has 0 aliphatic rings. The number of aliphatic hydroxyl groups excluding tert-OH is 1.